The summed E-state index contributed by atoms with van der Waals surface area (Å²) in [5.74, 6) is 0.230. The van der Waals surface area contributed by atoms with E-state index in [2.05, 4.69) is 0 Å². The Morgan fingerprint density at radius 3 is 2.88 bits per heavy atom. The Kier molecular flexibility index (Phi) is 3.22. The van der Waals surface area contributed by atoms with E-state index in [9.17, 15) is 4.79 Å². The summed E-state index contributed by atoms with van der Waals surface area (Å²) in [6.07, 6.45) is 2.97. The molecule has 16 heavy (non-hydrogen) atoms. The van der Waals surface area contributed by atoms with Gasteiger partial charge in [0, 0.05) is 12.6 Å². The molecule has 2 fully saturated rings. The molecule has 3 atom stereocenters. The molecule has 1 aliphatic heterocycles. The Morgan fingerprint density at radius 2 is 2.31 bits per heavy atom. The van der Waals surface area contributed by atoms with Gasteiger partial charge in [-0.05, 0) is 26.7 Å². The lowest BCUT2D eigenvalue weighted by molar-refractivity contribution is -0.149. The molecule has 1 aliphatic carbocycles. The third-order valence-electron chi connectivity index (χ3n) is 4.15. The van der Waals surface area contributed by atoms with E-state index in [4.69, 9.17) is 10.5 Å². The van der Waals surface area contributed by atoms with Gasteiger partial charge in [0.15, 0.2) is 0 Å². The molecule has 4 nitrogen and oxygen atoms in total. The maximum atomic E-state index is 12.5. The van der Waals surface area contributed by atoms with Crippen molar-refractivity contribution < 1.29 is 9.53 Å². The highest BCUT2D eigenvalue weighted by Crippen LogP contribution is 2.38. The third kappa shape index (κ3) is 1.84. The van der Waals surface area contributed by atoms with E-state index in [-0.39, 0.29) is 23.4 Å². The molecular weight excluding hydrogens is 204 g/mol. The Bertz CT molecular complexity index is 282. The summed E-state index contributed by atoms with van der Waals surface area (Å²) in [4.78, 5) is 14.5. The van der Waals surface area contributed by atoms with Crippen molar-refractivity contribution in [1.82, 2.24) is 4.90 Å². The van der Waals surface area contributed by atoms with Gasteiger partial charge in [0.2, 0.25) is 5.91 Å². The molecule has 1 saturated carbocycles. The lowest BCUT2D eigenvalue weighted by atomic mass is 9.83. The van der Waals surface area contributed by atoms with E-state index < -0.39 is 0 Å². The maximum Gasteiger partial charge on any atom is 0.230 e. The molecule has 2 N–H and O–H groups in total. The van der Waals surface area contributed by atoms with Gasteiger partial charge in [-0.15, -0.1) is 0 Å². The van der Waals surface area contributed by atoms with Gasteiger partial charge >= 0.3 is 0 Å². The smallest absolute Gasteiger partial charge is 0.230 e. The number of carbonyl (C=O) groups is 1. The van der Waals surface area contributed by atoms with Crippen molar-refractivity contribution in [2.45, 2.75) is 45.2 Å². The van der Waals surface area contributed by atoms with Gasteiger partial charge in [0.1, 0.15) is 0 Å². The quantitative estimate of drug-likeness (QED) is 0.718. The van der Waals surface area contributed by atoms with Crippen molar-refractivity contribution in [2.24, 2.45) is 11.1 Å². The maximum absolute atomic E-state index is 12.5. The second kappa shape index (κ2) is 4.34. The standard InChI is InChI=1S/C12H22N2O2/c1-9-8-16-7-6-14(9)11(15)12(2)5-3-4-10(12)13/h9-10H,3-8,13H2,1-2H3/t9-,10?,12?/m1/s1. The minimum Gasteiger partial charge on any atom is -0.377 e. The second-order valence-electron chi connectivity index (χ2n) is 5.34. The van der Waals surface area contributed by atoms with Gasteiger partial charge < -0.3 is 15.4 Å². The van der Waals surface area contributed by atoms with Crippen LogP contribution < -0.4 is 5.73 Å². The Hall–Kier alpha value is -0.610. The topological polar surface area (TPSA) is 55.6 Å². The molecule has 2 unspecified atom stereocenters. The van der Waals surface area contributed by atoms with Crippen LogP contribution in [0.3, 0.4) is 0 Å². The summed E-state index contributed by atoms with van der Waals surface area (Å²) in [6, 6.07) is 0.209. The number of hydrogen-bond donors (Lipinski definition) is 1. The highest BCUT2D eigenvalue weighted by Gasteiger charge is 2.46. The lowest BCUT2D eigenvalue weighted by Crippen LogP contribution is -2.55. The van der Waals surface area contributed by atoms with Crippen molar-refractivity contribution in [2.75, 3.05) is 19.8 Å². The van der Waals surface area contributed by atoms with E-state index in [1.807, 2.05) is 18.7 Å². The molecular formula is C12H22N2O2. The molecule has 0 radical (unpaired) electrons. The number of nitrogens with zero attached hydrogens (tertiary/aromatic N) is 1. The molecule has 0 aromatic heterocycles. The van der Waals surface area contributed by atoms with Crippen molar-refractivity contribution in [3.63, 3.8) is 0 Å². The molecule has 1 saturated heterocycles. The molecule has 2 aliphatic rings. The number of nitrogens with two attached hydrogens (primary N) is 1. The molecule has 1 amide bonds. The first-order valence-electron chi connectivity index (χ1n) is 6.20. The number of carbonyl (C=O) groups excluding carboxylic acids is 1. The third-order valence-corrected chi connectivity index (χ3v) is 4.15. The average molecular weight is 226 g/mol. The summed E-state index contributed by atoms with van der Waals surface area (Å²) in [7, 11) is 0. The van der Waals surface area contributed by atoms with Crippen LogP contribution in [-0.2, 0) is 9.53 Å². The monoisotopic (exact) mass is 226 g/mol. The zero-order chi connectivity index (χ0) is 11.8. The van der Waals surface area contributed by atoms with Crippen LogP contribution in [0.1, 0.15) is 33.1 Å². The Balaban J connectivity index is 2.11. The molecule has 0 aromatic rings. The van der Waals surface area contributed by atoms with Gasteiger partial charge in [0.05, 0.1) is 24.7 Å². The zero-order valence-corrected chi connectivity index (χ0v) is 10.2. The summed E-state index contributed by atoms with van der Waals surface area (Å²) in [5.41, 5.74) is 5.75. The average Bonchev–Trinajstić information content (AvgIpc) is 2.60. The predicted molar refractivity (Wildman–Crippen MR) is 61.9 cm³/mol. The van der Waals surface area contributed by atoms with E-state index in [1.54, 1.807) is 0 Å². The summed E-state index contributed by atoms with van der Waals surface area (Å²) in [5, 5.41) is 0. The van der Waals surface area contributed by atoms with Crippen molar-refractivity contribution >= 4 is 5.91 Å². The van der Waals surface area contributed by atoms with Gasteiger partial charge in [-0.1, -0.05) is 6.42 Å². The molecule has 92 valence electrons. The number of hydrogen-bond acceptors (Lipinski definition) is 3. The van der Waals surface area contributed by atoms with Gasteiger partial charge in [0.25, 0.3) is 0 Å². The van der Waals surface area contributed by atoms with Gasteiger partial charge in [-0.25, -0.2) is 0 Å². The van der Waals surface area contributed by atoms with Crippen LogP contribution in [0, 0.1) is 5.41 Å². The first-order valence-corrected chi connectivity index (χ1v) is 6.20. The molecule has 4 heteroatoms. The van der Waals surface area contributed by atoms with E-state index in [0.717, 1.165) is 19.3 Å². The minimum absolute atomic E-state index is 0.0232. The van der Waals surface area contributed by atoms with Crippen LogP contribution in [0.4, 0.5) is 0 Å². The number of amides is 1. The SMILES string of the molecule is C[C@@H]1COCCN1C(=O)C1(C)CCCC1N. The fraction of sp³-hybridized carbons (Fsp3) is 0.917. The van der Waals surface area contributed by atoms with Crippen LogP contribution in [0.2, 0.25) is 0 Å². The Labute approximate surface area is 97.1 Å². The zero-order valence-electron chi connectivity index (χ0n) is 10.2. The molecule has 0 spiro atoms. The lowest BCUT2D eigenvalue weighted by Gasteiger charge is -2.40. The highest BCUT2D eigenvalue weighted by molar-refractivity contribution is 5.84. The number of morpholine rings is 1. The van der Waals surface area contributed by atoms with Crippen LogP contribution in [-0.4, -0.2) is 42.6 Å². The van der Waals surface area contributed by atoms with Crippen LogP contribution in [0.25, 0.3) is 0 Å². The first kappa shape index (κ1) is 11.9. The second-order valence-corrected chi connectivity index (χ2v) is 5.34. The van der Waals surface area contributed by atoms with Crippen molar-refractivity contribution in [1.29, 1.82) is 0 Å². The summed E-state index contributed by atoms with van der Waals surface area (Å²) in [6.45, 7) is 6.08. The fourth-order valence-electron chi connectivity index (χ4n) is 2.82. The highest BCUT2D eigenvalue weighted by atomic mass is 16.5. The first-order chi connectivity index (χ1) is 7.55. The van der Waals surface area contributed by atoms with E-state index in [1.165, 1.54) is 0 Å². The van der Waals surface area contributed by atoms with E-state index in [0.29, 0.717) is 19.8 Å². The van der Waals surface area contributed by atoms with Crippen molar-refractivity contribution in [3.05, 3.63) is 0 Å². The van der Waals surface area contributed by atoms with Crippen LogP contribution in [0.15, 0.2) is 0 Å². The molecule has 0 aromatic carbocycles. The summed E-state index contributed by atoms with van der Waals surface area (Å²) < 4.78 is 5.36. The molecule has 1 heterocycles. The van der Waals surface area contributed by atoms with Crippen molar-refractivity contribution in [3.8, 4) is 0 Å². The normalized spacial score (nSPS) is 40.1. The number of rotatable bonds is 1. The van der Waals surface area contributed by atoms with Crippen LogP contribution in [0.5, 0.6) is 0 Å². The molecule has 2 rings (SSSR count). The minimum atomic E-state index is -0.342. The van der Waals surface area contributed by atoms with Gasteiger partial charge in [-0.2, -0.15) is 0 Å². The van der Waals surface area contributed by atoms with Gasteiger partial charge in [-0.3, -0.25) is 4.79 Å². The Morgan fingerprint density at radius 1 is 1.56 bits per heavy atom. The molecule has 0 bridgehead atoms. The predicted octanol–water partition coefficient (Wildman–Crippen LogP) is 0.751. The fourth-order valence-corrected chi connectivity index (χ4v) is 2.82. The largest absolute Gasteiger partial charge is 0.377 e. The van der Waals surface area contributed by atoms with Crippen LogP contribution >= 0.6 is 0 Å². The van der Waals surface area contributed by atoms with E-state index >= 15 is 0 Å². The number of ether oxygens (including phenoxy) is 1. The summed E-state index contributed by atoms with van der Waals surface area (Å²) >= 11 is 0.